The molecule has 6 nitrogen and oxygen atoms in total. The minimum absolute atomic E-state index is 0.0872. The Kier molecular flexibility index (Phi) is 5.48. The van der Waals surface area contributed by atoms with Gasteiger partial charge in [-0.1, -0.05) is 55.8 Å². The molecule has 1 unspecified atom stereocenters. The summed E-state index contributed by atoms with van der Waals surface area (Å²) in [7, 11) is 0. The average molecular weight is 387 g/mol. The summed E-state index contributed by atoms with van der Waals surface area (Å²) in [6, 6.07) is 12.6. The summed E-state index contributed by atoms with van der Waals surface area (Å²) in [5, 5.41) is 13.9. The van der Waals surface area contributed by atoms with E-state index in [9.17, 15) is 9.90 Å². The van der Waals surface area contributed by atoms with Gasteiger partial charge in [0.2, 0.25) is 11.9 Å². The summed E-state index contributed by atoms with van der Waals surface area (Å²) >= 11 is 6.02. The van der Waals surface area contributed by atoms with E-state index in [1.54, 1.807) is 31.2 Å². The number of anilines is 1. The number of amides is 1. The monoisotopic (exact) mass is 386 g/mol. The number of halogens is 1. The quantitative estimate of drug-likeness (QED) is 0.628. The number of pyridine rings is 1. The Morgan fingerprint density at radius 1 is 1.22 bits per heavy atom. The predicted molar refractivity (Wildman–Crippen MR) is 107 cm³/mol. The van der Waals surface area contributed by atoms with Crippen molar-refractivity contribution in [1.29, 1.82) is 0 Å². The van der Waals surface area contributed by atoms with Gasteiger partial charge in [-0.25, -0.2) is 9.97 Å². The number of nitrogens with zero attached hydrogens (tertiary/aromatic N) is 3. The van der Waals surface area contributed by atoms with E-state index in [2.05, 4.69) is 29.1 Å². The van der Waals surface area contributed by atoms with Gasteiger partial charge < -0.3 is 5.11 Å². The highest BCUT2D eigenvalue weighted by Crippen LogP contribution is 2.26. The van der Waals surface area contributed by atoms with Gasteiger partial charge in [-0.3, -0.25) is 14.7 Å². The topological polar surface area (TPSA) is 80.0 Å². The number of carbonyl (C=O) groups excluding carboxylic acids is 1. The minimum atomic E-state index is -1.28. The fourth-order valence-electron chi connectivity index (χ4n) is 2.99. The van der Waals surface area contributed by atoms with Crippen LogP contribution in [-0.4, -0.2) is 25.5 Å². The van der Waals surface area contributed by atoms with E-state index >= 15 is 0 Å². The second kappa shape index (κ2) is 7.66. The first-order valence-corrected chi connectivity index (χ1v) is 9.24. The van der Waals surface area contributed by atoms with Gasteiger partial charge in [-0.05, 0) is 30.5 Å². The number of aliphatic hydroxyl groups is 1. The highest BCUT2D eigenvalue weighted by Gasteiger charge is 2.27. The molecule has 0 bridgehead atoms. The standard InChI is InChI=1S/C20H23ClN4O2/c1-13(2)12-25-18-15(9-10-16(21)23-18)22-19(25)24-17(26)11-20(3,27)14-7-5-4-6-8-14/h4-10,13,27H,11-12H2,1-3H3,(H,22,24,26). The molecule has 3 rings (SSSR count). The van der Waals surface area contributed by atoms with Gasteiger partial charge in [0, 0.05) is 6.54 Å². The number of nitrogens with one attached hydrogen (secondary N) is 1. The van der Waals surface area contributed by atoms with E-state index in [1.807, 2.05) is 22.8 Å². The van der Waals surface area contributed by atoms with Crippen LogP contribution >= 0.6 is 11.6 Å². The predicted octanol–water partition coefficient (Wildman–Crippen LogP) is 3.98. The van der Waals surface area contributed by atoms with Crippen LogP contribution in [0.25, 0.3) is 11.2 Å². The number of rotatable bonds is 6. The third-order valence-electron chi connectivity index (χ3n) is 4.26. The first-order valence-electron chi connectivity index (χ1n) is 8.87. The summed E-state index contributed by atoms with van der Waals surface area (Å²) in [5.74, 6) is 0.406. The van der Waals surface area contributed by atoms with Crippen LogP contribution in [0.4, 0.5) is 5.95 Å². The van der Waals surface area contributed by atoms with Gasteiger partial charge in [0.05, 0.1) is 12.0 Å². The number of hydrogen-bond acceptors (Lipinski definition) is 4. The smallest absolute Gasteiger partial charge is 0.229 e. The van der Waals surface area contributed by atoms with E-state index in [0.29, 0.717) is 40.3 Å². The molecular formula is C20H23ClN4O2. The molecule has 0 radical (unpaired) electrons. The van der Waals surface area contributed by atoms with Crippen molar-refractivity contribution < 1.29 is 9.90 Å². The van der Waals surface area contributed by atoms with Gasteiger partial charge >= 0.3 is 0 Å². The highest BCUT2D eigenvalue weighted by atomic mass is 35.5. The summed E-state index contributed by atoms with van der Waals surface area (Å²) in [4.78, 5) is 21.4. The van der Waals surface area contributed by atoms with Crippen LogP contribution in [0.3, 0.4) is 0 Å². The van der Waals surface area contributed by atoms with Crippen molar-refractivity contribution in [3.8, 4) is 0 Å². The third-order valence-corrected chi connectivity index (χ3v) is 4.47. The average Bonchev–Trinajstić information content (AvgIpc) is 2.91. The summed E-state index contributed by atoms with van der Waals surface area (Å²) < 4.78 is 1.85. The minimum Gasteiger partial charge on any atom is -0.385 e. The van der Waals surface area contributed by atoms with Gasteiger partial charge in [-0.15, -0.1) is 0 Å². The van der Waals surface area contributed by atoms with Crippen LogP contribution in [0.15, 0.2) is 42.5 Å². The summed E-state index contributed by atoms with van der Waals surface area (Å²) in [5.41, 5.74) is 0.692. The van der Waals surface area contributed by atoms with E-state index in [-0.39, 0.29) is 12.3 Å². The van der Waals surface area contributed by atoms with Crippen LogP contribution < -0.4 is 5.32 Å². The van der Waals surface area contributed by atoms with Crippen molar-refractivity contribution in [2.24, 2.45) is 5.92 Å². The van der Waals surface area contributed by atoms with Crippen molar-refractivity contribution >= 4 is 34.6 Å². The maximum atomic E-state index is 12.6. The number of hydrogen-bond donors (Lipinski definition) is 2. The summed E-state index contributed by atoms with van der Waals surface area (Å²) in [6.45, 7) is 6.40. The zero-order valence-electron chi connectivity index (χ0n) is 15.6. The molecule has 2 aromatic heterocycles. The Morgan fingerprint density at radius 2 is 1.93 bits per heavy atom. The molecule has 142 valence electrons. The van der Waals surface area contributed by atoms with Crippen LogP contribution in [0.1, 0.15) is 32.8 Å². The van der Waals surface area contributed by atoms with Crippen molar-refractivity contribution in [3.05, 3.63) is 53.2 Å². The fraction of sp³-hybridized carbons (Fsp3) is 0.350. The molecule has 1 aromatic carbocycles. The Hall–Kier alpha value is -2.44. The molecule has 0 saturated carbocycles. The highest BCUT2D eigenvalue weighted by molar-refractivity contribution is 6.29. The molecule has 2 heterocycles. The molecule has 2 N–H and O–H groups in total. The third kappa shape index (κ3) is 4.46. The molecule has 27 heavy (non-hydrogen) atoms. The molecule has 0 aliphatic carbocycles. The lowest BCUT2D eigenvalue weighted by atomic mass is 9.92. The largest absolute Gasteiger partial charge is 0.385 e. The first-order chi connectivity index (χ1) is 12.8. The van der Waals surface area contributed by atoms with E-state index < -0.39 is 5.60 Å². The lowest BCUT2D eigenvalue weighted by Gasteiger charge is -2.23. The van der Waals surface area contributed by atoms with Gasteiger partial charge in [0.1, 0.15) is 10.7 Å². The molecule has 0 saturated heterocycles. The Balaban J connectivity index is 1.86. The van der Waals surface area contributed by atoms with Crippen molar-refractivity contribution in [2.75, 3.05) is 5.32 Å². The molecule has 1 atom stereocenters. The molecule has 0 spiro atoms. The lowest BCUT2D eigenvalue weighted by Crippen LogP contribution is -2.29. The second-order valence-electron chi connectivity index (χ2n) is 7.28. The SMILES string of the molecule is CC(C)Cn1c(NC(=O)CC(C)(O)c2ccccc2)nc2ccc(Cl)nc21. The molecular weight excluding hydrogens is 364 g/mol. The van der Waals surface area contributed by atoms with Crippen molar-refractivity contribution in [1.82, 2.24) is 14.5 Å². The second-order valence-corrected chi connectivity index (χ2v) is 7.67. The normalized spacial score (nSPS) is 13.7. The van der Waals surface area contributed by atoms with Gasteiger partial charge in [-0.2, -0.15) is 0 Å². The zero-order valence-corrected chi connectivity index (χ0v) is 16.4. The molecule has 1 amide bonds. The number of imidazole rings is 1. The van der Waals surface area contributed by atoms with E-state index in [0.717, 1.165) is 0 Å². The number of aromatic nitrogens is 3. The Bertz CT molecular complexity index is 951. The summed E-state index contributed by atoms with van der Waals surface area (Å²) in [6.07, 6.45) is -0.0872. The molecule has 3 aromatic rings. The molecule has 0 aliphatic heterocycles. The van der Waals surface area contributed by atoms with Gasteiger partial charge in [0.25, 0.3) is 0 Å². The van der Waals surface area contributed by atoms with Crippen LogP contribution in [0.2, 0.25) is 5.15 Å². The van der Waals surface area contributed by atoms with Crippen molar-refractivity contribution in [2.45, 2.75) is 39.3 Å². The Labute approximate surface area is 163 Å². The maximum absolute atomic E-state index is 12.6. The van der Waals surface area contributed by atoms with E-state index in [4.69, 9.17) is 11.6 Å². The van der Waals surface area contributed by atoms with Crippen molar-refractivity contribution in [3.63, 3.8) is 0 Å². The van der Waals surface area contributed by atoms with Crippen LogP contribution in [0, 0.1) is 5.92 Å². The molecule has 7 heteroatoms. The lowest BCUT2D eigenvalue weighted by molar-refractivity contribution is -0.120. The number of benzene rings is 1. The number of carbonyl (C=O) groups is 1. The molecule has 0 aliphatic rings. The Morgan fingerprint density at radius 3 is 2.59 bits per heavy atom. The maximum Gasteiger partial charge on any atom is 0.229 e. The van der Waals surface area contributed by atoms with Crippen LogP contribution in [-0.2, 0) is 16.9 Å². The van der Waals surface area contributed by atoms with Crippen LogP contribution in [0.5, 0.6) is 0 Å². The fourth-order valence-corrected chi connectivity index (χ4v) is 3.14. The van der Waals surface area contributed by atoms with Gasteiger partial charge in [0.15, 0.2) is 5.65 Å². The number of fused-ring (bicyclic) bond motifs is 1. The van der Waals surface area contributed by atoms with E-state index in [1.165, 1.54) is 0 Å². The zero-order chi connectivity index (χ0) is 19.6. The first kappa shape index (κ1) is 19.3. The molecule has 0 fully saturated rings.